The molecule has 0 aliphatic rings. The maximum Gasteiger partial charge on any atom is 0.285 e. The first-order valence-electron chi connectivity index (χ1n) is 8.36. The van der Waals surface area contributed by atoms with Crippen LogP contribution in [0.25, 0.3) is 10.2 Å². The number of rotatable bonds is 10. The Kier molecular flexibility index (Phi) is 6.84. The monoisotopic (exact) mass is 319 g/mol. The van der Waals surface area contributed by atoms with Crippen LogP contribution in [0.1, 0.15) is 68.1 Å². The Morgan fingerprint density at radius 2 is 1.68 bits per heavy atom. The Morgan fingerprint density at radius 1 is 1.05 bits per heavy atom. The van der Waals surface area contributed by atoms with E-state index in [0.717, 1.165) is 29.6 Å². The second kappa shape index (κ2) is 8.89. The van der Waals surface area contributed by atoms with Crippen LogP contribution in [-0.4, -0.2) is 5.97 Å². The number of benzene rings is 1. The van der Waals surface area contributed by atoms with Crippen molar-refractivity contribution in [1.82, 2.24) is 0 Å². The average Bonchev–Trinajstić information content (AvgIpc) is 2.89. The van der Waals surface area contributed by atoms with E-state index in [1.807, 2.05) is 28.8 Å². The van der Waals surface area contributed by atoms with Gasteiger partial charge < -0.3 is 9.90 Å². The molecule has 1 aromatic carbocycles. The van der Waals surface area contributed by atoms with Crippen molar-refractivity contribution < 1.29 is 14.5 Å². The van der Waals surface area contributed by atoms with Gasteiger partial charge >= 0.3 is 0 Å². The summed E-state index contributed by atoms with van der Waals surface area (Å²) < 4.78 is 2.92. The lowest BCUT2D eigenvalue weighted by atomic mass is 10.1. The molecule has 0 atom stereocenters. The van der Waals surface area contributed by atoms with E-state index >= 15 is 0 Å². The zero-order chi connectivity index (χ0) is 15.8. The standard InChI is InChI=1S/C18H25NO2S/c1-2-3-4-5-6-7-8-11-14-19-15-12-9-10-13-16(15)22-17(19)18(20)21/h9-10,12-13H,2-8,11,14H2,1H3. The van der Waals surface area contributed by atoms with Crippen LogP contribution in [0.4, 0.5) is 0 Å². The first kappa shape index (κ1) is 16.9. The Hall–Kier alpha value is -1.42. The predicted molar refractivity (Wildman–Crippen MR) is 89.0 cm³/mol. The minimum atomic E-state index is -1.07. The molecule has 120 valence electrons. The molecule has 0 unspecified atom stereocenters. The van der Waals surface area contributed by atoms with E-state index < -0.39 is 5.97 Å². The fraction of sp³-hybridized carbons (Fsp3) is 0.556. The smallest absolute Gasteiger partial charge is 0.285 e. The molecule has 2 aromatic rings. The van der Waals surface area contributed by atoms with Gasteiger partial charge in [0.05, 0.1) is 0 Å². The first-order chi connectivity index (χ1) is 10.7. The van der Waals surface area contributed by atoms with Crippen LogP contribution >= 0.6 is 11.3 Å². The highest BCUT2D eigenvalue weighted by atomic mass is 32.1. The van der Waals surface area contributed by atoms with Gasteiger partial charge in [0.1, 0.15) is 4.70 Å². The minimum Gasteiger partial charge on any atom is -0.539 e. The molecule has 4 heteroatoms. The Morgan fingerprint density at radius 3 is 2.36 bits per heavy atom. The van der Waals surface area contributed by atoms with Crippen molar-refractivity contribution in [3.63, 3.8) is 0 Å². The lowest BCUT2D eigenvalue weighted by molar-refractivity contribution is -0.671. The van der Waals surface area contributed by atoms with E-state index in [1.54, 1.807) is 0 Å². The van der Waals surface area contributed by atoms with Crippen LogP contribution in [0.3, 0.4) is 0 Å². The third-order valence-corrected chi connectivity index (χ3v) is 5.16. The molecule has 0 aliphatic heterocycles. The fourth-order valence-electron chi connectivity index (χ4n) is 2.81. The summed E-state index contributed by atoms with van der Waals surface area (Å²) in [7, 11) is 0. The topological polar surface area (TPSA) is 44.0 Å². The van der Waals surface area contributed by atoms with Gasteiger partial charge in [-0.05, 0) is 12.5 Å². The normalized spacial score (nSPS) is 11.1. The van der Waals surface area contributed by atoms with Gasteiger partial charge in [-0.15, -0.1) is 0 Å². The number of aromatic carboxylic acids is 1. The first-order valence-corrected chi connectivity index (χ1v) is 9.18. The van der Waals surface area contributed by atoms with Crippen molar-refractivity contribution in [3.05, 3.63) is 29.3 Å². The molecule has 3 nitrogen and oxygen atoms in total. The van der Waals surface area contributed by atoms with E-state index in [1.165, 1.54) is 49.9 Å². The van der Waals surface area contributed by atoms with Gasteiger partial charge in [0, 0.05) is 12.5 Å². The summed E-state index contributed by atoms with van der Waals surface area (Å²) in [6.07, 6.45) is 10.0. The summed E-state index contributed by atoms with van der Waals surface area (Å²) in [5.74, 6) is -1.07. The van der Waals surface area contributed by atoms with Crippen LogP contribution in [0.15, 0.2) is 24.3 Å². The van der Waals surface area contributed by atoms with E-state index in [2.05, 4.69) is 6.92 Å². The molecule has 0 aliphatic carbocycles. The number of unbranched alkanes of at least 4 members (excludes halogenated alkanes) is 7. The van der Waals surface area contributed by atoms with Crippen molar-refractivity contribution in [1.29, 1.82) is 0 Å². The number of carboxylic acid groups (broad SMARTS) is 1. The lowest BCUT2D eigenvalue weighted by Crippen LogP contribution is -2.42. The highest BCUT2D eigenvalue weighted by Crippen LogP contribution is 2.20. The Balaban J connectivity index is 1.86. The SMILES string of the molecule is CCCCCCCCCC[n+]1c(C(=O)[O-])sc2ccccc21. The van der Waals surface area contributed by atoms with E-state index in [4.69, 9.17) is 0 Å². The molecule has 0 fully saturated rings. The molecule has 0 amide bonds. The molecule has 0 N–H and O–H groups in total. The summed E-state index contributed by atoms with van der Waals surface area (Å²) >= 11 is 1.31. The molecule has 0 spiro atoms. The van der Waals surface area contributed by atoms with Gasteiger partial charge in [0.15, 0.2) is 12.5 Å². The molecule has 1 aromatic heterocycles. The van der Waals surface area contributed by atoms with Crippen molar-refractivity contribution in [2.45, 2.75) is 64.8 Å². The van der Waals surface area contributed by atoms with Crippen LogP contribution in [0.2, 0.25) is 0 Å². The molecule has 2 rings (SSSR count). The van der Waals surface area contributed by atoms with Gasteiger partial charge in [-0.1, -0.05) is 68.9 Å². The Labute approximate surface area is 136 Å². The molecule has 0 radical (unpaired) electrons. The van der Waals surface area contributed by atoms with Crippen molar-refractivity contribution in [2.75, 3.05) is 0 Å². The van der Waals surface area contributed by atoms with Crippen LogP contribution in [0.5, 0.6) is 0 Å². The second-order valence-corrected chi connectivity index (χ2v) is 6.82. The summed E-state index contributed by atoms with van der Waals surface area (Å²) in [6.45, 7) is 3.00. The Bertz CT molecular complexity index is 606. The average molecular weight is 319 g/mol. The van der Waals surface area contributed by atoms with Crippen molar-refractivity contribution >= 4 is 27.5 Å². The highest BCUT2D eigenvalue weighted by molar-refractivity contribution is 7.19. The summed E-state index contributed by atoms with van der Waals surface area (Å²) in [5, 5.41) is 11.6. The van der Waals surface area contributed by atoms with Crippen molar-refractivity contribution in [3.8, 4) is 0 Å². The lowest BCUT2D eigenvalue weighted by Gasteiger charge is -2.02. The fourth-order valence-corrected chi connectivity index (χ4v) is 3.83. The van der Waals surface area contributed by atoms with Gasteiger partial charge in [-0.3, -0.25) is 0 Å². The van der Waals surface area contributed by atoms with Crippen LogP contribution in [-0.2, 0) is 6.54 Å². The molecule has 0 bridgehead atoms. The molecular formula is C18H25NO2S. The minimum absolute atomic E-state index is 0.337. The highest BCUT2D eigenvalue weighted by Gasteiger charge is 2.20. The van der Waals surface area contributed by atoms with Gasteiger partial charge in [0.2, 0.25) is 5.52 Å². The van der Waals surface area contributed by atoms with Crippen molar-refractivity contribution in [2.24, 2.45) is 0 Å². The van der Waals surface area contributed by atoms with Crippen LogP contribution in [0, 0.1) is 0 Å². The zero-order valence-electron chi connectivity index (χ0n) is 13.3. The number of carboxylic acids is 1. The number of thiazole rings is 1. The van der Waals surface area contributed by atoms with Gasteiger partial charge in [-0.25, -0.2) is 0 Å². The number of nitrogens with zero attached hydrogens (tertiary/aromatic N) is 1. The largest absolute Gasteiger partial charge is 0.539 e. The maximum absolute atomic E-state index is 11.3. The summed E-state index contributed by atoms with van der Waals surface area (Å²) in [5.41, 5.74) is 1.01. The number of carbonyl (C=O) groups excluding carboxylic acids is 1. The zero-order valence-corrected chi connectivity index (χ0v) is 14.2. The number of carbonyl (C=O) groups is 1. The van der Waals surface area contributed by atoms with Gasteiger partial charge in [0.25, 0.3) is 5.01 Å². The molecule has 22 heavy (non-hydrogen) atoms. The quantitative estimate of drug-likeness (QED) is 0.495. The maximum atomic E-state index is 11.3. The van der Waals surface area contributed by atoms with E-state index in [-0.39, 0.29) is 0 Å². The number of aryl methyl sites for hydroxylation is 1. The summed E-state index contributed by atoms with van der Waals surface area (Å²) in [4.78, 5) is 11.3. The third-order valence-electron chi connectivity index (χ3n) is 4.02. The molecule has 1 heterocycles. The third kappa shape index (κ3) is 4.54. The number of fused-ring (bicyclic) bond motifs is 1. The summed E-state index contributed by atoms with van der Waals surface area (Å²) in [6, 6.07) is 7.86. The second-order valence-electron chi connectivity index (χ2n) is 5.79. The number of hydrogen-bond acceptors (Lipinski definition) is 3. The van der Waals surface area contributed by atoms with E-state index in [9.17, 15) is 9.90 Å². The predicted octanol–water partition coefficient (Wildman–Crippen LogP) is 3.69. The number of para-hydroxylation sites is 1. The van der Waals surface area contributed by atoms with Gasteiger partial charge in [-0.2, -0.15) is 4.57 Å². The molecule has 0 saturated heterocycles. The number of aromatic nitrogens is 1. The van der Waals surface area contributed by atoms with E-state index in [0.29, 0.717) is 5.01 Å². The number of hydrogen-bond donors (Lipinski definition) is 0. The molecule has 0 saturated carbocycles. The van der Waals surface area contributed by atoms with Crippen LogP contribution < -0.4 is 9.67 Å². The molecular weight excluding hydrogens is 294 g/mol.